The van der Waals surface area contributed by atoms with Crippen molar-refractivity contribution in [1.82, 2.24) is 20.2 Å². The number of halogens is 1. The van der Waals surface area contributed by atoms with Gasteiger partial charge in [0.2, 0.25) is 0 Å². The van der Waals surface area contributed by atoms with Crippen LogP contribution in [0.4, 0.5) is 9.18 Å². The third-order valence-electron chi connectivity index (χ3n) is 4.75. The second kappa shape index (κ2) is 8.05. The predicted octanol–water partition coefficient (Wildman–Crippen LogP) is 3.14. The highest BCUT2D eigenvalue weighted by Gasteiger charge is 2.27. The molecular weight excluding hydrogens is 319 g/mol. The number of amides is 2. The van der Waals surface area contributed by atoms with Gasteiger partial charge in [-0.25, -0.2) is 9.18 Å². The van der Waals surface area contributed by atoms with Crippen molar-refractivity contribution in [2.75, 3.05) is 13.6 Å². The molecule has 0 saturated heterocycles. The molecule has 1 aromatic heterocycles. The van der Waals surface area contributed by atoms with E-state index in [1.165, 1.54) is 6.07 Å². The molecule has 2 amide bonds. The maximum atomic E-state index is 13.4. The van der Waals surface area contributed by atoms with Crippen LogP contribution < -0.4 is 5.32 Å². The van der Waals surface area contributed by atoms with Crippen LogP contribution in [0, 0.1) is 5.82 Å². The van der Waals surface area contributed by atoms with Gasteiger partial charge in [0.05, 0.1) is 5.69 Å². The second-order valence-corrected chi connectivity index (χ2v) is 6.58. The molecule has 0 bridgehead atoms. The number of benzene rings is 1. The van der Waals surface area contributed by atoms with Gasteiger partial charge >= 0.3 is 6.03 Å². The Hall–Kier alpha value is -2.50. The Labute approximate surface area is 147 Å². The maximum Gasteiger partial charge on any atom is 0.317 e. The Morgan fingerprint density at radius 1 is 1.36 bits per heavy atom. The van der Waals surface area contributed by atoms with E-state index in [1.807, 2.05) is 6.07 Å². The highest BCUT2D eigenvalue weighted by Crippen LogP contribution is 2.34. The number of carbonyl (C=O) groups is 1. The van der Waals surface area contributed by atoms with E-state index in [-0.39, 0.29) is 17.9 Å². The number of nitrogens with zero attached hydrogens (tertiary/aromatic N) is 3. The molecule has 1 aromatic carbocycles. The molecule has 1 heterocycles. The lowest BCUT2D eigenvalue weighted by molar-refractivity contribution is 0.205. The SMILES string of the molecule is CN(CCc1cnccn1)C(=O)N[C@@H]1CC[C@H](c2cccc(F)c2)C1. The minimum absolute atomic E-state index is 0.0752. The third-order valence-corrected chi connectivity index (χ3v) is 4.75. The van der Waals surface area contributed by atoms with E-state index in [1.54, 1.807) is 42.7 Å². The topological polar surface area (TPSA) is 58.1 Å². The van der Waals surface area contributed by atoms with Gasteiger partial charge in [-0.05, 0) is 42.9 Å². The van der Waals surface area contributed by atoms with Crippen LogP contribution in [0.5, 0.6) is 0 Å². The van der Waals surface area contributed by atoms with E-state index in [0.29, 0.717) is 18.9 Å². The molecule has 132 valence electrons. The zero-order valence-corrected chi connectivity index (χ0v) is 14.4. The van der Waals surface area contributed by atoms with Crippen molar-refractivity contribution in [3.05, 3.63) is 59.9 Å². The van der Waals surface area contributed by atoms with Gasteiger partial charge in [0.25, 0.3) is 0 Å². The molecule has 5 nitrogen and oxygen atoms in total. The van der Waals surface area contributed by atoms with E-state index in [2.05, 4.69) is 15.3 Å². The molecule has 1 N–H and O–H groups in total. The van der Waals surface area contributed by atoms with Gasteiger partial charge in [-0.15, -0.1) is 0 Å². The van der Waals surface area contributed by atoms with Gasteiger partial charge in [-0.2, -0.15) is 0 Å². The monoisotopic (exact) mass is 342 g/mol. The maximum absolute atomic E-state index is 13.4. The van der Waals surface area contributed by atoms with Crippen molar-refractivity contribution < 1.29 is 9.18 Å². The molecular formula is C19H23FN4O. The van der Waals surface area contributed by atoms with Crippen LogP contribution in [-0.4, -0.2) is 40.5 Å². The lowest BCUT2D eigenvalue weighted by Gasteiger charge is -2.21. The summed E-state index contributed by atoms with van der Waals surface area (Å²) >= 11 is 0. The molecule has 25 heavy (non-hydrogen) atoms. The Bertz CT molecular complexity index is 710. The summed E-state index contributed by atoms with van der Waals surface area (Å²) in [7, 11) is 1.78. The molecule has 1 saturated carbocycles. The first-order valence-corrected chi connectivity index (χ1v) is 8.64. The van der Waals surface area contributed by atoms with Crippen molar-refractivity contribution in [2.24, 2.45) is 0 Å². The molecule has 0 radical (unpaired) electrons. The highest BCUT2D eigenvalue weighted by atomic mass is 19.1. The molecule has 2 atom stereocenters. The van der Waals surface area contributed by atoms with E-state index in [9.17, 15) is 9.18 Å². The van der Waals surface area contributed by atoms with Crippen molar-refractivity contribution in [1.29, 1.82) is 0 Å². The summed E-state index contributed by atoms with van der Waals surface area (Å²) < 4.78 is 13.4. The number of nitrogens with one attached hydrogen (secondary N) is 1. The highest BCUT2D eigenvalue weighted by molar-refractivity contribution is 5.74. The van der Waals surface area contributed by atoms with Crippen molar-refractivity contribution in [2.45, 2.75) is 37.6 Å². The average molecular weight is 342 g/mol. The number of aromatic nitrogens is 2. The second-order valence-electron chi connectivity index (χ2n) is 6.58. The Morgan fingerprint density at radius 2 is 2.24 bits per heavy atom. The Balaban J connectivity index is 1.46. The summed E-state index contributed by atoms with van der Waals surface area (Å²) in [5.74, 6) is 0.111. The number of hydrogen-bond acceptors (Lipinski definition) is 3. The number of urea groups is 1. The number of likely N-dealkylation sites (N-methyl/N-ethyl adjacent to an activating group) is 1. The molecule has 1 aliphatic rings. The van der Waals surface area contributed by atoms with Gasteiger partial charge in [0.15, 0.2) is 0 Å². The fraction of sp³-hybridized carbons (Fsp3) is 0.421. The zero-order valence-electron chi connectivity index (χ0n) is 14.4. The fourth-order valence-electron chi connectivity index (χ4n) is 3.30. The summed E-state index contributed by atoms with van der Waals surface area (Å²) in [5, 5.41) is 3.09. The number of hydrogen-bond donors (Lipinski definition) is 1. The van der Waals surface area contributed by atoms with Crippen LogP contribution in [0.25, 0.3) is 0 Å². The quantitative estimate of drug-likeness (QED) is 0.908. The van der Waals surface area contributed by atoms with Crippen molar-refractivity contribution in [3.8, 4) is 0 Å². The van der Waals surface area contributed by atoms with Gasteiger partial charge in [-0.1, -0.05) is 12.1 Å². The lowest BCUT2D eigenvalue weighted by atomic mass is 9.97. The van der Waals surface area contributed by atoms with Gasteiger partial charge in [-0.3, -0.25) is 9.97 Å². The summed E-state index contributed by atoms with van der Waals surface area (Å²) in [6.07, 6.45) is 8.42. The zero-order chi connectivity index (χ0) is 17.6. The van der Waals surface area contributed by atoms with Crippen molar-refractivity contribution >= 4 is 6.03 Å². The van der Waals surface area contributed by atoms with E-state index in [0.717, 1.165) is 30.5 Å². The van der Waals surface area contributed by atoms with Crippen molar-refractivity contribution in [3.63, 3.8) is 0 Å². The predicted molar refractivity (Wildman–Crippen MR) is 93.7 cm³/mol. The van der Waals surface area contributed by atoms with Gasteiger partial charge in [0.1, 0.15) is 5.82 Å². The van der Waals surface area contributed by atoms with E-state index >= 15 is 0 Å². The summed E-state index contributed by atoms with van der Waals surface area (Å²) in [6, 6.07) is 6.83. The smallest absolute Gasteiger partial charge is 0.317 e. The average Bonchev–Trinajstić information content (AvgIpc) is 3.09. The molecule has 0 aliphatic heterocycles. The number of rotatable bonds is 5. The van der Waals surface area contributed by atoms with Gasteiger partial charge < -0.3 is 10.2 Å². The van der Waals surface area contributed by atoms with E-state index in [4.69, 9.17) is 0 Å². The standard InChI is InChI=1S/C19H23FN4O/c1-24(10-7-18-13-21-8-9-22-18)19(25)23-17-6-5-15(12-17)14-3-2-4-16(20)11-14/h2-4,8-9,11,13,15,17H,5-7,10,12H2,1H3,(H,23,25)/t15-,17+/m0/s1. The van der Waals surface area contributed by atoms with Crippen LogP contribution in [0.15, 0.2) is 42.9 Å². The first-order valence-electron chi connectivity index (χ1n) is 8.64. The molecule has 1 fully saturated rings. The van der Waals surface area contributed by atoms with Crippen LogP contribution in [0.1, 0.15) is 36.4 Å². The molecule has 0 spiro atoms. The largest absolute Gasteiger partial charge is 0.335 e. The first kappa shape index (κ1) is 17.3. The molecule has 2 aromatic rings. The minimum Gasteiger partial charge on any atom is -0.335 e. The van der Waals surface area contributed by atoms with Gasteiger partial charge in [0, 0.05) is 44.6 Å². The molecule has 1 aliphatic carbocycles. The minimum atomic E-state index is -0.200. The summed E-state index contributed by atoms with van der Waals surface area (Å²) in [5.41, 5.74) is 1.89. The Kier molecular flexibility index (Phi) is 5.58. The van der Waals surface area contributed by atoms with Crippen LogP contribution >= 0.6 is 0 Å². The fourth-order valence-corrected chi connectivity index (χ4v) is 3.30. The first-order chi connectivity index (χ1) is 12.1. The summed E-state index contributed by atoms with van der Waals surface area (Å²) in [6.45, 7) is 0.588. The van der Waals surface area contributed by atoms with Crippen LogP contribution in [0.3, 0.4) is 0 Å². The summed E-state index contributed by atoms with van der Waals surface area (Å²) in [4.78, 5) is 22.2. The Morgan fingerprint density at radius 3 is 3.00 bits per heavy atom. The van der Waals surface area contributed by atoms with E-state index < -0.39 is 0 Å². The van der Waals surface area contributed by atoms with Crippen LogP contribution in [0.2, 0.25) is 0 Å². The number of carbonyl (C=O) groups excluding carboxylic acids is 1. The van der Waals surface area contributed by atoms with Crippen LogP contribution in [-0.2, 0) is 6.42 Å². The molecule has 6 heteroatoms. The lowest BCUT2D eigenvalue weighted by Crippen LogP contribution is -2.42. The normalized spacial score (nSPS) is 19.6. The molecule has 3 rings (SSSR count). The third kappa shape index (κ3) is 4.75. The molecule has 0 unspecified atom stereocenters.